The van der Waals surface area contributed by atoms with Crippen LogP contribution in [0.4, 0.5) is 24.7 Å². The molecule has 0 radical (unpaired) electrons. The van der Waals surface area contributed by atoms with Crippen molar-refractivity contribution in [3.8, 4) is 11.3 Å². The molecule has 8 heteroatoms. The number of aromatic nitrogens is 3. The van der Waals surface area contributed by atoms with Gasteiger partial charge in [-0.15, -0.1) is 5.10 Å². The van der Waals surface area contributed by atoms with Crippen LogP contribution in [0.15, 0.2) is 54.7 Å². The van der Waals surface area contributed by atoms with Crippen LogP contribution in [-0.2, 0) is 0 Å². The van der Waals surface area contributed by atoms with E-state index in [1.807, 2.05) is 17.0 Å². The number of nitrogens with two attached hydrogens (primary N) is 1. The molecule has 1 aliphatic heterocycles. The summed E-state index contributed by atoms with van der Waals surface area (Å²) in [6.45, 7) is 0.673. The number of nitrogen functional groups attached to an aromatic ring is 1. The Labute approximate surface area is 170 Å². The number of hydrogen-bond acceptors (Lipinski definition) is 4. The van der Waals surface area contributed by atoms with E-state index in [1.54, 1.807) is 16.8 Å². The highest BCUT2D eigenvalue weighted by atomic mass is 19.1. The van der Waals surface area contributed by atoms with Gasteiger partial charge in [-0.25, -0.2) is 22.7 Å². The Hall–Kier alpha value is -3.55. The molecule has 1 saturated heterocycles. The maximum Gasteiger partial charge on any atom is 0.154 e. The summed E-state index contributed by atoms with van der Waals surface area (Å²) in [6.07, 6.45) is 3.18. The van der Waals surface area contributed by atoms with Crippen LogP contribution in [0.3, 0.4) is 0 Å². The fourth-order valence-electron chi connectivity index (χ4n) is 4.05. The van der Waals surface area contributed by atoms with Crippen molar-refractivity contribution in [2.45, 2.75) is 18.9 Å². The Morgan fingerprint density at radius 3 is 2.63 bits per heavy atom. The number of anilines is 2. The zero-order valence-electron chi connectivity index (χ0n) is 15.9. The van der Waals surface area contributed by atoms with E-state index in [-0.39, 0.29) is 11.7 Å². The standard InChI is InChI=1S/C22H18F3N5/c23-14-4-6-16(24)15(11-14)19-2-1-9-29(19)22-8-7-21-27-12-20(30(21)28-22)13-3-5-17(25)18(26)10-13/h3-8,10-12,19H,1-2,9,26H2. The van der Waals surface area contributed by atoms with Crippen LogP contribution >= 0.6 is 0 Å². The Bertz CT molecular complexity index is 1250. The fraction of sp³-hybridized carbons (Fsp3) is 0.182. The van der Waals surface area contributed by atoms with Gasteiger partial charge in [0, 0.05) is 17.7 Å². The average molecular weight is 409 g/mol. The van der Waals surface area contributed by atoms with Crippen LogP contribution in [0.1, 0.15) is 24.4 Å². The van der Waals surface area contributed by atoms with E-state index >= 15 is 0 Å². The predicted molar refractivity (Wildman–Crippen MR) is 108 cm³/mol. The Morgan fingerprint density at radius 1 is 0.967 bits per heavy atom. The van der Waals surface area contributed by atoms with Gasteiger partial charge in [-0.1, -0.05) is 0 Å². The molecular weight excluding hydrogens is 391 g/mol. The highest BCUT2D eigenvalue weighted by molar-refractivity contribution is 5.67. The molecule has 3 heterocycles. The maximum atomic E-state index is 14.4. The first-order valence-corrected chi connectivity index (χ1v) is 9.63. The molecule has 5 rings (SSSR count). The first-order valence-electron chi connectivity index (χ1n) is 9.63. The van der Waals surface area contributed by atoms with Gasteiger partial charge in [0.1, 0.15) is 23.3 Å². The molecule has 152 valence electrons. The van der Waals surface area contributed by atoms with Gasteiger partial charge >= 0.3 is 0 Å². The van der Waals surface area contributed by atoms with Gasteiger partial charge in [0.05, 0.1) is 23.6 Å². The van der Waals surface area contributed by atoms with E-state index in [9.17, 15) is 13.2 Å². The SMILES string of the molecule is Nc1cc(-c2cnc3ccc(N4CCCC4c4cc(F)ccc4F)nn23)ccc1F. The number of rotatable bonds is 3. The van der Waals surface area contributed by atoms with Gasteiger partial charge in [-0.3, -0.25) is 0 Å². The third-order valence-corrected chi connectivity index (χ3v) is 5.50. The second-order valence-electron chi connectivity index (χ2n) is 7.36. The lowest BCUT2D eigenvalue weighted by Crippen LogP contribution is -2.25. The number of hydrogen-bond donors (Lipinski definition) is 1. The van der Waals surface area contributed by atoms with Crippen molar-refractivity contribution in [2.24, 2.45) is 0 Å². The summed E-state index contributed by atoms with van der Waals surface area (Å²) < 4.78 is 43.4. The van der Waals surface area contributed by atoms with Gasteiger partial charge in [-0.05, 0) is 61.4 Å². The van der Waals surface area contributed by atoms with Crippen LogP contribution in [0.2, 0.25) is 0 Å². The van der Waals surface area contributed by atoms with E-state index in [0.29, 0.717) is 41.3 Å². The van der Waals surface area contributed by atoms with Crippen LogP contribution < -0.4 is 10.6 Å². The van der Waals surface area contributed by atoms with Crippen LogP contribution in [-0.4, -0.2) is 21.1 Å². The molecule has 2 aromatic heterocycles. The highest BCUT2D eigenvalue weighted by Gasteiger charge is 2.30. The molecule has 1 fully saturated rings. The molecule has 1 atom stereocenters. The summed E-state index contributed by atoms with van der Waals surface area (Å²) in [6, 6.07) is 11.3. The first-order chi connectivity index (χ1) is 14.5. The van der Waals surface area contributed by atoms with Crippen molar-refractivity contribution in [1.82, 2.24) is 14.6 Å². The minimum absolute atomic E-state index is 0.0415. The average Bonchev–Trinajstić information content (AvgIpc) is 3.38. The number of fused-ring (bicyclic) bond motifs is 1. The lowest BCUT2D eigenvalue weighted by atomic mass is 10.0. The van der Waals surface area contributed by atoms with Crippen LogP contribution in [0.25, 0.3) is 16.9 Å². The van der Waals surface area contributed by atoms with E-state index in [2.05, 4.69) is 4.98 Å². The molecule has 2 N–H and O–H groups in total. The van der Waals surface area contributed by atoms with Crippen molar-refractivity contribution in [2.75, 3.05) is 17.2 Å². The quantitative estimate of drug-likeness (QED) is 0.497. The zero-order chi connectivity index (χ0) is 20.8. The molecule has 0 amide bonds. The monoisotopic (exact) mass is 409 g/mol. The van der Waals surface area contributed by atoms with E-state index in [0.717, 1.165) is 18.6 Å². The lowest BCUT2D eigenvalue weighted by molar-refractivity contribution is 0.559. The second-order valence-corrected chi connectivity index (χ2v) is 7.36. The van der Waals surface area contributed by atoms with E-state index < -0.39 is 17.5 Å². The molecule has 1 unspecified atom stereocenters. The molecule has 0 aliphatic carbocycles. The lowest BCUT2D eigenvalue weighted by Gasteiger charge is -2.26. The molecule has 5 nitrogen and oxygen atoms in total. The molecule has 0 saturated carbocycles. The summed E-state index contributed by atoms with van der Waals surface area (Å²) >= 11 is 0. The summed E-state index contributed by atoms with van der Waals surface area (Å²) in [5.41, 5.74) is 8.03. The number of nitrogens with zero attached hydrogens (tertiary/aromatic N) is 4. The van der Waals surface area contributed by atoms with Crippen molar-refractivity contribution >= 4 is 17.2 Å². The predicted octanol–water partition coefficient (Wildman–Crippen LogP) is 4.74. The molecule has 2 aromatic carbocycles. The Kier molecular flexibility index (Phi) is 4.34. The fourth-order valence-corrected chi connectivity index (χ4v) is 4.05. The Morgan fingerprint density at radius 2 is 1.80 bits per heavy atom. The topological polar surface area (TPSA) is 59.5 Å². The molecule has 1 aliphatic rings. The molecule has 0 bridgehead atoms. The summed E-state index contributed by atoms with van der Waals surface area (Å²) in [7, 11) is 0. The van der Waals surface area contributed by atoms with Crippen molar-refractivity contribution in [3.63, 3.8) is 0 Å². The Balaban J connectivity index is 1.57. The van der Waals surface area contributed by atoms with Crippen molar-refractivity contribution in [1.29, 1.82) is 0 Å². The highest BCUT2D eigenvalue weighted by Crippen LogP contribution is 2.37. The third-order valence-electron chi connectivity index (χ3n) is 5.50. The molecule has 4 aromatic rings. The van der Waals surface area contributed by atoms with Crippen molar-refractivity contribution in [3.05, 3.63) is 77.7 Å². The third kappa shape index (κ3) is 3.04. The number of halogens is 3. The molecular formula is C22H18F3N5. The maximum absolute atomic E-state index is 14.4. The van der Waals surface area contributed by atoms with E-state index in [1.165, 1.54) is 18.2 Å². The second kappa shape index (κ2) is 7.05. The van der Waals surface area contributed by atoms with Gasteiger partial charge in [0.2, 0.25) is 0 Å². The summed E-state index contributed by atoms with van der Waals surface area (Å²) in [5.74, 6) is -0.756. The summed E-state index contributed by atoms with van der Waals surface area (Å²) in [5, 5.41) is 4.70. The number of benzene rings is 2. The smallest absolute Gasteiger partial charge is 0.154 e. The minimum Gasteiger partial charge on any atom is -0.396 e. The van der Waals surface area contributed by atoms with Gasteiger partial charge < -0.3 is 10.6 Å². The van der Waals surface area contributed by atoms with Crippen LogP contribution in [0, 0.1) is 17.5 Å². The number of imidazole rings is 1. The van der Waals surface area contributed by atoms with Gasteiger partial charge in [-0.2, -0.15) is 0 Å². The van der Waals surface area contributed by atoms with E-state index in [4.69, 9.17) is 10.8 Å². The minimum atomic E-state index is -0.488. The van der Waals surface area contributed by atoms with Crippen LogP contribution in [0.5, 0.6) is 0 Å². The zero-order valence-corrected chi connectivity index (χ0v) is 15.9. The summed E-state index contributed by atoms with van der Waals surface area (Å²) in [4.78, 5) is 6.33. The van der Waals surface area contributed by atoms with Gasteiger partial charge in [0.25, 0.3) is 0 Å². The van der Waals surface area contributed by atoms with Gasteiger partial charge in [0.15, 0.2) is 5.65 Å². The van der Waals surface area contributed by atoms with Crippen molar-refractivity contribution < 1.29 is 13.2 Å². The normalized spacial score (nSPS) is 16.5. The molecule has 0 spiro atoms. The molecule has 30 heavy (non-hydrogen) atoms. The first kappa shape index (κ1) is 18.5. The largest absolute Gasteiger partial charge is 0.396 e.